The lowest BCUT2D eigenvalue weighted by molar-refractivity contribution is -0.144. The fraction of sp³-hybridized carbons (Fsp3) is 0.467. The highest BCUT2D eigenvalue weighted by atomic mass is 79.9. The van der Waals surface area contributed by atoms with Crippen LogP contribution >= 0.6 is 27.5 Å². The van der Waals surface area contributed by atoms with Gasteiger partial charge < -0.3 is 10.4 Å². The molecule has 0 saturated heterocycles. The molecule has 0 aliphatic heterocycles. The number of carbonyl (C=O) groups is 2. The highest BCUT2D eigenvalue weighted by Crippen LogP contribution is 2.48. The molecule has 4 nitrogen and oxygen atoms in total. The van der Waals surface area contributed by atoms with Gasteiger partial charge in [0.25, 0.3) is 5.91 Å². The molecule has 4 unspecified atom stereocenters. The van der Waals surface area contributed by atoms with E-state index in [2.05, 4.69) is 21.2 Å². The van der Waals surface area contributed by atoms with Gasteiger partial charge in [-0.1, -0.05) is 11.6 Å². The van der Waals surface area contributed by atoms with Crippen molar-refractivity contribution in [2.75, 3.05) is 0 Å². The first-order valence-corrected chi connectivity index (χ1v) is 8.13. The van der Waals surface area contributed by atoms with Gasteiger partial charge in [-0.2, -0.15) is 0 Å². The molecule has 2 aliphatic rings. The fourth-order valence-corrected chi connectivity index (χ4v) is 4.62. The smallest absolute Gasteiger partial charge is 0.308 e. The van der Waals surface area contributed by atoms with Crippen LogP contribution < -0.4 is 5.32 Å². The normalized spacial score (nSPS) is 30.4. The Balaban J connectivity index is 1.79. The van der Waals surface area contributed by atoms with E-state index in [1.165, 1.54) is 0 Å². The molecule has 0 aromatic heterocycles. The van der Waals surface area contributed by atoms with Gasteiger partial charge in [0, 0.05) is 15.5 Å². The van der Waals surface area contributed by atoms with E-state index in [1.807, 2.05) is 0 Å². The molecule has 21 heavy (non-hydrogen) atoms. The molecule has 2 bridgehead atoms. The topological polar surface area (TPSA) is 66.4 Å². The number of carbonyl (C=O) groups excluding carboxylic acids is 1. The van der Waals surface area contributed by atoms with Crippen LogP contribution in [0.15, 0.2) is 22.7 Å². The Morgan fingerprint density at radius 1 is 1.29 bits per heavy atom. The second-order valence-corrected chi connectivity index (χ2v) is 7.11. The van der Waals surface area contributed by atoms with Crippen molar-refractivity contribution in [3.8, 4) is 0 Å². The van der Waals surface area contributed by atoms with Gasteiger partial charge in [-0.3, -0.25) is 9.59 Å². The predicted molar refractivity (Wildman–Crippen MR) is 82.4 cm³/mol. The predicted octanol–water partition coefficient (Wildman–Crippen LogP) is 3.33. The third kappa shape index (κ3) is 2.69. The Hall–Kier alpha value is -1.07. The lowest BCUT2D eigenvalue weighted by Crippen LogP contribution is -2.46. The Kier molecular flexibility index (Phi) is 3.97. The van der Waals surface area contributed by atoms with E-state index in [4.69, 9.17) is 11.6 Å². The van der Waals surface area contributed by atoms with E-state index in [0.29, 0.717) is 15.1 Å². The largest absolute Gasteiger partial charge is 0.481 e. The molecule has 1 aromatic carbocycles. The van der Waals surface area contributed by atoms with E-state index in [1.54, 1.807) is 18.2 Å². The van der Waals surface area contributed by atoms with Crippen LogP contribution in [0.5, 0.6) is 0 Å². The van der Waals surface area contributed by atoms with E-state index >= 15 is 0 Å². The molecule has 4 atom stereocenters. The molecule has 2 aliphatic carbocycles. The molecule has 2 fully saturated rings. The number of nitrogens with one attached hydrogen (secondary N) is 1. The van der Waals surface area contributed by atoms with Gasteiger partial charge in [0.2, 0.25) is 0 Å². The standard InChI is InChI=1S/C15H15BrClNO3/c16-11-6-9(17)3-4-10(11)14(19)18-13-8-2-1-7(5-8)12(13)15(20)21/h3-4,6-8,12-13H,1-2,5H2,(H,18,19)(H,20,21). The van der Waals surface area contributed by atoms with Crippen LogP contribution in [0.1, 0.15) is 29.6 Å². The molecule has 2 saturated carbocycles. The van der Waals surface area contributed by atoms with Crippen molar-refractivity contribution < 1.29 is 14.7 Å². The van der Waals surface area contributed by atoms with Crippen molar-refractivity contribution in [1.29, 1.82) is 0 Å². The summed E-state index contributed by atoms with van der Waals surface area (Å²) < 4.78 is 0.613. The Labute approximate surface area is 136 Å². The number of benzene rings is 1. The molecule has 3 rings (SSSR count). The maximum Gasteiger partial charge on any atom is 0.308 e. The van der Waals surface area contributed by atoms with E-state index < -0.39 is 11.9 Å². The average Bonchev–Trinajstić information content (AvgIpc) is 2.98. The summed E-state index contributed by atoms with van der Waals surface area (Å²) in [7, 11) is 0. The SMILES string of the molecule is O=C(NC1C2CCC(C2)C1C(=O)O)c1ccc(Cl)cc1Br. The van der Waals surface area contributed by atoms with Crippen molar-refractivity contribution in [2.45, 2.75) is 25.3 Å². The number of aliphatic carboxylic acids is 1. The monoisotopic (exact) mass is 371 g/mol. The van der Waals surface area contributed by atoms with Gasteiger partial charge in [0.15, 0.2) is 0 Å². The Morgan fingerprint density at radius 3 is 2.67 bits per heavy atom. The van der Waals surface area contributed by atoms with E-state index in [0.717, 1.165) is 19.3 Å². The van der Waals surface area contributed by atoms with Gasteiger partial charge in [-0.05, 0) is 65.2 Å². The number of halogens is 2. The van der Waals surface area contributed by atoms with Crippen molar-refractivity contribution in [3.05, 3.63) is 33.3 Å². The van der Waals surface area contributed by atoms with Gasteiger partial charge in [-0.15, -0.1) is 0 Å². The van der Waals surface area contributed by atoms with E-state index in [-0.39, 0.29) is 23.8 Å². The second kappa shape index (κ2) is 5.61. The minimum atomic E-state index is -0.803. The summed E-state index contributed by atoms with van der Waals surface area (Å²) >= 11 is 9.19. The maximum atomic E-state index is 12.4. The number of amides is 1. The molecular weight excluding hydrogens is 358 g/mol. The minimum Gasteiger partial charge on any atom is -0.481 e. The first-order valence-electron chi connectivity index (χ1n) is 6.96. The van der Waals surface area contributed by atoms with Gasteiger partial charge >= 0.3 is 5.97 Å². The summed E-state index contributed by atoms with van der Waals surface area (Å²) in [5, 5.41) is 12.9. The summed E-state index contributed by atoms with van der Waals surface area (Å²) in [4.78, 5) is 23.9. The zero-order chi connectivity index (χ0) is 15.1. The second-order valence-electron chi connectivity index (χ2n) is 5.82. The number of hydrogen-bond donors (Lipinski definition) is 2. The molecule has 2 N–H and O–H groups in total. The maximum absolute atomic E-state index is 12.4. The number of hydrogen-bond acceptors (Lipinski definition) is 2. The molecule has 0 heterocycles. The van der Waals surface area contributed by atoms with Crippen LogP contribution in [-0.4, -0.2) is 23.0 Å². The molecule has 6 heteroatoms. The van der Waals surface area contributed by atoms with Crippen molar-refractivity contribution in [3.63, 3.8) is 0 Å². The molecule has 1 aromatic rings. The highest BCUT2D eigenvalue weighted by molar-refractivity contribution is 9.10. The van der Waals surface area contributed by atoms with Crippen LogP contribution in [0.3, 0.4) is 0 Å². The minimum absolute atomic E-state index is 0.200. The van der Waals surface area contributed by atoms with E-state index in [9.17, 15) is 14.7 Å². The summed E-state index contributed by atoms with van der Waals surface area (Å²) in [6, 6.07) is 4.68. The fourth-order valence-electron chi connectivity index (χ4n) is 3.76. The van der Waals surface area contributed by atoms with Crippen LogP contribution in [-0.2, 0) is 4.79 Å². The highest BCUT2D eigenvalue weighted by Gasteiger charge is 2.51. The molecular formula is C15H15BrClNO3. The third-order valence-electron chi connectivity index (χ3n) is 4.68. The number of fused-ring (bicyclic) bond motifs is 2. The molecule has 0 radical (unpaired) electrons. The summed E-state index contributed by atoms with van der Waals surface area (Å²) in [5.41, 5.74) is 0.478. The molecule has 0 spiro atoms. The van der Waals surface area contributed by atoms with Crippen LogP contribution in [0.25, 0.3) is 0 Å². The van der Waals surface area contributed by atoms with Crippen LogP contribution in [0.2, 0.25) is 5.02 Å². The Morgan fingerprint density at radius 2 is 2.00 bits per heavy atom. The van der Waals surface area contributed by atoms with Crippen LogP contribution in [0, 0.1) is 17.8 Å². The third-order valence-corrected chi connectivity index (χ3v) is 5.57. The lowest BCUT2D eigenvalue weighted by atomic mass is 9.84. The van der Waals surface area contributed by atoms with Gasteiger partial charge in [0.1, 0.15) is 0 Å². The first kappa shape index (κ1) is 14.9. The summed E-state index contributed by atoms with van der Waals surface area (Å²) in [6.45, 7) is 0. The first-order chi connectivity index (χ1) is 9.97. The lowest BCUT2D eigenvalue weighted by Gasteiger charge is -2.29. The van der Waals surface area contributed by atoms with Crippen molar-refractivity contribution in [2.24, 2.45) is 17.8 Å². The molecule has 1 amide bonds. The number of rotatable bonds is 3. The van der Waals surface area contributed by atoms with Crippen molar-refractivity contribution in [1.82, 2.24) is 5.32 Å². The van der Waals surface area contributed by atoms with Gasteiger partial charge in [-0.25, -0.2) is 0 Å². The summed E-state index contributed by atoms with van der Waals surface area (Å²) in [6.07, 6.45) is 2.86. The summed E-state index contributed by atoms with van der Waals surface area (Å²) in [5.74, 6) is -1.03. The van der Waals surface area contributed by atoms with Crippen molar-refractivity contribution >= 4 is 39.4 Å². The average molecular weight is 373 g/mol. The number of carboxylic acid groups (broad SMARTS) is 1. The molecule has 112 valence electrons. The zero-order valence-corrected chi connectivity index (χ0v) is 13.5. The van der Waals surface area contributed by atoms with Gasteiger partial charge in [0.05, 0.1) is 11.5 Å². The number of carboxylic acids is 1. The zero-order valence-electron chi connectivity index (χ0n) is 11.2. The van der Waals surface area contributed by atoms with Crippen LogP contribution in [0.4, 0.5) is 0 Å². The quantitative estimate of drug-likeness (QED) is 0.855. The Bertz CT molecular complexity index is 607.